The molecule has 0 spiro atoms. The molecular formula is C21H24ClN3O4. The molecule has 8 heteroatoms. The van der Waals surface area contributed by atoms with Gasteiger partial charge in [0.1, 0.15) is 11.8 Å². The van der Waals surface area contributed by atoms with Crippen LogP contribution in [0, 0.1) is 0 Å². The average Bonchev–Trinajstić information content (AvgIpc) is 3.23. The van der Waals surface area contributed by atoms with Gasteiger partial charge in [0.05, 0.1) is 19.8 Å². The molecule has 2 amide bonds. The lowest BCUT2D eigenvalue weighted by atomic mass is 10.1. The summed E-state index contributed by atoms with van der Waals surface area (Å²) in [5, 5.41) is 3.36. The Balaban J connectivity index is 1.63. The van der Waals surface area contributed by atoms with Crippen molar-refractivity contribution in [3.8, 4) is 11.6 Å². The zero-order chi connectivity index (χ0) is 20.8. The Kier molecular flexibility index (Phi) is 6.93. The van der Waals surface area contributed by atoms with E-state index in [1.807, 2.05) is 12.1 Å². The number of likely N-dealkylation sites (tertiary alicyclic amines) is 1. The number of nitrogens with zero attached hydrogens (tertiary/aromatic N) is 2. The van der Waals surface area contributed by atoms with E-state index in [2.05, 4.69) is 10.3 Å². The van der Waals surface area contributed by atoms with Crippen molar-refractivity contribution in [2.75, 3.05) is 27.3 Å². The molecule has 29 heavy (non-hydrogen) atoms. The minimum Gasteiger partial charge on any atom is -0.496 e. The highest BCUT2D eigenvalue weighted by atomic mass is 35.5. The van der Waals surface area contributed by atoms with E-state index in [-0.39, 0.29) is 11.8 Å². The maximum atomic E-state index is 13.0. The molecule has 1 atom stereocenters. The fourth-order valence-corrected chi connectivity index (χ4v) is 3.60. The largest absolute Gasteiger partial charge is 0.496 e. The van der Waals surface area contributed by atoms with Gasteiger partial charge in [0, 0.05) is 36.3 Å². The predicted molar refractivity (Wildman–Crippen MR) is 110 cm³/mol. The number of nitrogens with one attached hydrogen (secondary N) is 1. The Labute approximate surface area is 175 Å². The molecule has 2 aromatic rings. The standard InChI is InChI=1S/C21H24ClN3O4/c1-28-18-9-8-14(22)13-16(18)21(27)25-12-4-6-17(25)20(26)23-11-10-15-5-3-7-19(24-15)29-2/h3,5,7-9,13,17H,4,6,10-12H2,1-2H3,(H,23,26)/t17-/m1/s1. The molecule has 2 heterocycles. The van der Waals surface area contributed by atoms with Crippen LogP contribution in [0.5, 0.6) is 11.6 Å². The smallest absolute Gasteiger partial charge is 0.258 e. The van der Waals surface area contributed by atoms with Crippen LogP contribution < -0.4 is 14.8 Å². The summed E-state index contributed by atoms with van der Waals surface area (Å²) >= 11 is 6.05. The third-order valence-electron chi connectivity index (χ3n) is 4.88. The fraction of sp³-hybridized carbons (Fsp3) is 0.381. The SMILES string of the molecule is COc1cccc(CCNC(=O)[C@H]2CCCN2C(=O)c2cc(Cl)ccc2OC)n1. The van der Waals surface area contributed by atoms with E-state index in [9.17, 15) is 9.59 Å². The van der Waals surface area contributed by atoms with Gasteiger partial charge in [0.2, 0.25) is 11.8 Å². The van der Waals surface area contributed by atoms with Crippen LogP contribution in [-0.2, 0) is 11.2 Å². The van der Waals surface area contributed by atoms with Crippen molar-refractivity contribution in [2.45, 2.75) is 25.3 Å². The fourth-order valence-electron chi connectivity index (χ4n) is 3.43. The lowest BCUT2D eigenvalue weighted by Crippen LogP contribution is -2.46. The van der Waals surface area contributed by atoms with Gasteiger partial charge in [-0.25, -0.2) is 4.98 Å². The number of pyridine rings is 1. The Morgan fingerprint density at radius 1 is 1.24 bits per heavy atom. The Morgan fingerprint density at radius 3 is 2.83 bits per heavy atom. The van der Waals surface area contributed by atoms with E-state index >= 15 is 0 Å². The third kappa shape index (κ3) is 4.98. The second kappa shape index (κ2) is 9.60. The first-order valence-electron chi connectivity index (χ1n) is 9.45. The number of hydrogen-bond donors (Lipinski definition) is 1. The van der Waals surface area contributed by atoms with Crippen LogP contribution in [0.2, 0.25) is 5.02 Å². The Morgan fingerprint density at radius 2 is 2.07 bits per heavy atom. The van der Waals surface area contributed by atoms with E-state index in [1.165, 1.54) is 7.11 Å². The lowest BCUT2D eigenvalue weighted by molar-refractivity contribution is -0.124. The topological polar surface area (TPSA) is 80.8 Å². The molecule has 1 N–H and O–H groups in total. The monoisotopic (exact) mass is 417 g/mol. The first kappa shape index (κ1) is 20.9. The molecule has 0 saturated carbocycles. The molecular weight excluding hydrogens is 394 g/mol. The number of rotatable bonds is 7. The summed E-state index contributed by atoms with van der Waals surface area (Å²) in [7, 11) is 3.06. The molecule has 1 fully saturated rings. The number of carbonyl (C=O) groups is 2. The number of amides is 2. The van der Waals surface area contributed by atoms with Gasteiger partial charge >= 0.3 is 0 Å². The highest BCUT2D eigenvalue weighted by Crippen LogP contribution is 2.27. The summed E-state index contributed by atoms with van der Waals surface area (Å²) in [5.74, 6) is 0.558. The number of carbonyl (C=O) groups excluding carboxylic acids is 2. The zero-order valence-electron chi connectivity index (χ0n) is 16.5. The van der Waals surface area contributed by atoms with Crippen molar-refractivity contribution in [1.29, 1.82) is 0 Å². The van der Waals surface area contributed by atoms with Crippen LogP contribution in [0.1, 0.15) is 28.9 Å². The molecule has 7 nitrogen and oxygen atoms in total. The van der Waals surface area contributed by atoms with Crippen LogP contribution in [0.15, 0.2) is 36.4 Å². The normalized spacial score (nSPS) is 15.8. The van der Waals surface area contributed by atoms with E-state index in [1.54, 1.807) is 36.3 Å². The minimum atomic E-state index is -0.510. The average molecular weight is 418 g/mol. The second-order valence-electron chi connectivity index (χ2n) is 6.71. The van der Waals surface area contributed by atoms with Crippen LogP contribution >= 0.6 is 11.6 Å². The highest BCUT2D eigenvalue weighted by Gasteiger charge is 2.35. The third-order valence-corrected chi connectivity index (χ3v) is 5.11. The van der Waals surface area contributed by atoms with Crippen molar-refractivity contribution < 1.29 is 19.1 Å². The highest BCUT2D eigenvalue weighted by molar-refractivity contribution is 6.31. The van der Waals surface area contributed by atoms with Crippen molar-refractivity contribution in [1.82, 2.24) is 15.2 Å². The number of hydrogen-bond acceptors (Lipinski definition) is 5. The molecule has 0 unspecified atom stereocenters. The van der Waals surface area contributed by atoms with E-state index in [0.717, 1.165) is 12.1 Å². The molecule has 1 aliphatic heterocycles. The van der Waals surface area contributed by atoms with Crippen LogP contribution in [-0.4, -0.2) is 55.0 Å². The maximum absolute atomic E-state index is 13.0. The number of halogens is 1. The van der Waals surface area contributed by atoms with Gasteiger partial charge in [0.15, 0.2) is 0 Å². The van der Waals surface area contributed by atoms with Gasteiger partial charge in [-0.2, -0.15) is 0 Å². The molecule has 1 saturated heterocycles. The lowest BCUT2D eigenvalue weighted by Gasteiger charge is -2.25. The molecule has 1 aromatic carbocycles. The number of ether oxygens (including phenoxy) is 2. The first-order valence-corrected chi connectivity index (χ1v) is 9.83. The number of methoxy groups -OCH3 is 2. The van der Waals surface area contributed by atoms with Crippen molar-refractivity contribution in [3.05, 3.63) is 52.7 Å². The summed E-state index contributed by atoms with van der Waals surface area (Å²) in [5.41, 5.74) is 1.19. The molecule has 0 radical (unpaired) electrons. The van der Waals surface area contributed by atoms with Gasteiger partial charge in [-0.3, -0.25) is 9.59 Å². The van der Waals surface area contributed by atoms with E-state index in [0.29, 0.717) is 48.1 Å². The second-order valence-corrected chi connectivity index (χ2v) is 7.15. The number of aromatic nitrogens is 1. The molecule has 1 aromatic heterocycles. The van der Waals surface area contributed by atoms with Crippen LogP contribution in [0.3, 0.4) is 0 Å². The number of benzene rings is 1. The zero-order valence-corrected chi connectivity index (χ0v) is 17.2. The van der Waals surface area contributed by atoms with Crippen molar-refractivity contribution in [3.63, 3.8) is 0 Å². The molecule has 0 aliphatic carbocycles. The van der Waals surface area contributed by atoms with Crippen LogP contribution in [0.4, 0.5) is 0 Å². The quantitative estimate of drug-likeness (QED) is 0.749. The summed E-state index contributed by atoms with van der Waals surface area (Å²) in [6, 6.07) is 9.90. The van der Waals surface area contributed by atoms with Gasteiger partial charge in [0.25, 0.3) is 5.91 Å². The molecule has 154 valence electrons. The Hall–Kier alpha value is -2.80. The van der Waals surface area contributed by atoms with Gasteiger partial charge in [-0.1, -0.05) is 17.7 Å². The van der Waals surface area contributed by atoms with Crippen molar-refractivity contribution in [2.24, 2.45) is 0 Å². The summed E-state index contributed by atoms with van der Waals surface area (Å²) in [6.07, 6.45) is 1.97. The summed E-state index contributed by atoms with van der Waals surface area (Å²) in [4.78, 5) is 31.7. The predicted octanol–water partition coefficient (Wildman–Crippen LogP) is 2.72. The van der Waals surface area contributed by atoms with Crippen LogP contribution in [0.25, 0.3) is 0 Å². The Bertz CT molecular complexity index is 890. The van der Waals surface area contributed by atoms with E-state index in [4.69, 9.17) is 21.1 Å². The summed E-state index contributed by atoms with van der Waals surface area (Å²) in [6.45, 7) is 0.946. The van der Waals surface area contributed by atoms with Gasteiger partial charge in [-0.15, -0.1) is 0 Å². The van der Waals surface area contributed by atoms with Crippen molar-refractivity contribution >= 4 is 23.4 Å². The maximum Gasteiger partial charge on any atom is 0.258 e. The summed E-state index contributed by atoms with van der Waals surface area (Å²) < 4.78 is 10.4. The molecule has 1 aliphatic rings. The first-order chi connectivity index (χ1) is 14.0. The van der Waals surface area contributed by atoms with E-state index < -0.39 is 6.04 Å². The van der Waals surface area contributed by atoms with Gasteiger partial charge in [-0.05, 0) is 37.1 Å². The molecule has 3 rings (SSSR count). The molecule has 0 bridgehead atoms. The minimum absolute atomic E-state index is 0.167. The van der Waals surface area contributed by atoms with Gasteiger partial charge < -0.3 is 19.7 Å².